The average molecular weight is 296 g/mol. The highest BCUT2D eigenvalue weighted by Crippen LogP contribution is 2.32. The van der Waals surface area contributed by atoms with Crippen LogP contribution in [0.3, 0.4) is 0 Å². The molecule has 1 N–H and O–H groups in total. The molecule has 1 saturated heterocycles. The molecule has 2 aromatic rings. The first-order valence-electron chi connectivity index (χ1n) is 7.02. The van der Waals surface area contributed by atoms with Crippen molar-refractivity contribution in [1.29, 1.82) is 0 Å². The van der Waals surface area contributed by atoms with Gasteiger partial charge in [-0.2, -0.15) is 0 Å². The molecule has 0 aromatic heterocycles. The van der Waals surface area contributed by atoms with E-state index in [-0.39, 0.29) is 18.2 Å². The molecule has 0 radical (unpaired) electrons. The fraction of sp³-hybridized carbons (Fsp3) is 0.176. The molecule has 1 heterocycles. The van der Waals surface area contributed by atoms with Crippen LogP contribution in [0.1, 0.15) is 6.42 Å². The molecule has 1 atom stereocenters. The maximum absolute atomic E-state index is 12.6. The van der Waals surface area contributed by atoms with E-state index in [0.29, 0.717) is 11.4 Å². The minimum atomic E-state index is -0.556. The van der Waals surface area contributed by atoms with Gasteiger partial charge in [-0.1, -0.05) is 30.3 Å². The van der Waals surface area contributed by atoms with Gasteiger partial charge in [0.2, 0.25) is 5.91 Å². The van der Waals surface area contributed by atoms with E-state index in [1.54, 1.807) is 24.3 Å². The molecule has 1 aliphatic rings. The molecule has 0 aliphatic carbocycles. The molecule has 1 aliphatic heterocycles. The van der Waals surface area contributed by atoms with E-state index in [4.69, 9.17) is 4.74 Å². The van der Waals surface area contributed by atoms with Gasteiger partial charge in [-0.25, -0.2) is 4.90 Å². The molecule has 5 nitrogen and oxygen atoms in total. The number of rotatable bonds is 4. The van der Waals surface area contributed by atoms with Crippen LogP contribution in [0.15, 0.2) is 54.6 Å². The zero-order valence-corrected chi connectivity index (χ0v) is 12.2. The Hall–Kier alpha value is -2.82. The Morgan fingerprint density at radius 2 is 1.73 bits per heavy atom. The normalized spacial score (nSPS) is 17.7. The van der Waals surface area contributed by atoms with Crippen molar-refractivity contribution in [1.82, 2.24) is 0 Å². The van der Waals surface area contributed by atoms with E-state index in [1.165, 1.54) is 12.0 Å². The third kappa shape index (κ3) is 2.53. The summed E-state index contributed by atoms with van der Waals surface area (Å²) in [5.41, 5.74) is 1.30. The van der Waals surface area contributed by atoms with E-state index in [1.807, 2.05) is 30.3 Å². The number of carbonyl (C=O) groups excluding carboxylic acids is 2. The smallest absolute Gasteiger partial charge is 0.256 e. The van der Waals surface area contributed by atoms with Crippen LogP contribution in [-0.4, -0.2) is 25.0 Å². The second kappa shape index (κ2) is 5.89. The van der Waals surface area contributed by atoms with E-state index in [0.717, 1.165) is 5.69 Å². The van der Waals surface area contributed by atoms with Crippen LogP contribution >= 0.6 is 0 Å². The molecule has 2 amide bonds. The number of carbonyl (C=O) groups is 2. The van der Waals surface area contributed by atoms with Crippen molar-refractivity contribution < 1.29 is 14.3 Å². The number of para-hydroxylation sites is 3. The Bertz CT molecular complexity index is 700. The quantitative estimate of drug-likeness (QED) is 0.880. The summed E-state index contributed by atoms with van der Waals surface area (Å²) in [6, 6.07) is 15.8. The van der Waals surface area contributed by atoms with Gasteiger partial charge in [0.25, 0.3) is 5.91 Å². The molecule has 0 bridgehead atoms. The summed E-state index contributed by atoms with van der Waals surface area (Å²) in [7, 11) is 1.52. The van der Waals surface area contributed by atoms with Crippen LogP contribution in [0, 0.1) is 0 Å². The average Bonchev–Trinajstić information content (AvgIpc) is 2.82. The number of nitrogens with one attached hydrogen (secondary N) is 1. The van der Waals surface area contributed by atoms with Gasteiger partial charge in [-0.3, -0.25) is 9.59 Å². The standard InChI is InChI=1S/C17H16N2O3/c1-22-15-10-6-5-9-14(15)19-16(20)11-13(17(19)21)18-12-7-3-2-4-8-12/h2-10,13,18H,11H2,1H3/t13-/m1/s1. The summed E-state index contributed by atoms with van der Waals surface area (Å²) >= 11 is 0. The zero-order valence-electron chi connectivity index (χ0n) is 12.2. The van der Waals surface area contributed by atoms with Crippen molar-refractivity contribution in [3.63, 3.8) is 0 Å². The van der Waals surface area contributed by atoms with Crippen molar-refractivity contribution in [3.8, 4) is 5.75 Å². The number of amides is 2. The predicted molar refractivity (Wildman–Crippen MR) is 84.0 cm³/mol. The first-order valence-corrected chi connectivity index (χ1v) is 7.02. The molecule has 1 fully saturated rings. The summed E-state index contributed by atoms with van der Waals surface area (Å²) in [5, 5.41) is 3.11. The Morgan fingerprint density at radius 3 is 2.45 bits per heavy atom. The molecule has 5 heteroatoms. The van der Waals surface area contributed by atoms with Gasteiger partial charge < -0.3 is 10.1 Å². The molecule has 22 heavy (non-hydrogen) atoms. The Labute approximate surface area is 128 Å². The fourth-order valence-corrected chi connectivity index (χ4v) is 2.55. The van der Waals surface area contributed by atoms with Crippen LogP contribution in [0.5, 0.6) is 5.75 Å². The number of hydrogen-bond donors (Lipinski definition) is 1. The van der Waals surface area contributed by atoms with Crippen LogP contribution < -0.4 is 15.0 Å². The number of hydrogen-bond acceptors (Lipinski definition) is 4. The third-order valence-corrected chi connectivity index (χ3v) is 3.59. The second-order valence-electron chi connectivity index (χ2n) is 5.01. The molecule has 0 unspecified atom stereocenters. The van der Waals surface area contributed by atoms with Gasteiger partial charge in [-0.15, -0.1) is 0 Å². The zero-order chi connectivity index (χ0) is 15.5. The number of benzene rings is 2. The lowest BCUT2D eigenvalue weighted by Crippen LogP contribution is -2.35. The maximum atomic E-state index is 12.6. The monoisotopic (exact) mass is 296 g/mol. The van der Waals surface area contributed by atoms with Crippen molar-refractivity contribution in [2.24, 2.45) is 0 Å². The van der Waals surface area contributed by atoms with Crippen LogP contribution in [0.2, 0.25) is 0 Å². The highest BCUT2D eigenvalue weighted by atomic mass is 16.5. The Kier molecular flexibility index (Phi) is 3.78. The maximum Gasteiger partial charge on any atom is 0.256 e. The molecule has 0 spiro atoms. The van der Waals surface area contributed by atoms with Crippen molar-refractivity contribution >= 4 is 23.2 Å². The molecule has 2 aromatic carbocycles. The van der Waals surface area contributed by atoms with E-state index < -0.39 is 6.04 Å². The predicted octanol–water partition coefficient (Wildman–Crippen LogP) is 2.44. The molecule has 0 saturated carbocycles. The van der Waals surface area contributed by atoms with Gasteiger partial charge in [0.1, 0.15) is 11.8 Å². The lowest BCUT2D eigenvalue weighted by Gasteiger charge is -2.18. The first kappa shape index (κ1) is 14.1. The fourth-order valence-electron chi connectivity index (χ4n) is 2.55. The van der Waals surface area contributed by atoms with Crippen molar-refractivity contribution in [3.05, 3.63) is 54.6 Å². The second-order valence-corrected chi connectivity index (χ2v) is 5.01. The van der Waals surface area contributed by atoms with Crippen LogP contribution in [0.4, 0.5) is 11.4 Å². The Morgan fingerprint density at radius 1 is 1.05 bits per heavy atom. The van der Waals surface area contributed by atoms with Crippen LogP contribution in [-0.2, 0) is 9.59 Å². The minimum absolute atomic E-state index is 0.131. The van der Waals surface area contributed by atoms with Gasteiger partial charge in [-0.05, 0) is 24.3 Å². The molecule has 3 rings (SSSR count). The highest BCUT2D eigenvalue weighted by Gasteiger charge is 2.40. The molecular weight excluding hydrogens is 280 g/mol. The van der Waals surface area contributed by atoms with Gasteiger partial charge in [0.15, 0.2) is 0 Å². The van der Waals surface area contributed by atoms with E-state index in [9.17, 15) is 9.59 Å². The summed E-state index contributed by atoms with van der Waals surface area (Å²) in [4.78, 5) is 26.0. The Balaban J connectivity index is 1.86. The molecular formula is C17H16N2O3. The lowest BCUT2D eigenvalue weighted by molar-refractivity contribution is -0.121. The van der Waals surface area contributed by atoms with Crippen LogP contribution in [0.25, 0.3) is 0 Å². The highest BCUT2D eigenvalue weighted by molar-refractivity contribution is 6.23. The summed E-state index contributed by atoms with van der Waals surface area (Å²) in [6.45, 7) is 0. The SMILES string of the molecule is COc1ccccc1N1C(=O)C[C@@H](Nc2ccccc2)C1=O. The minimum Gasteiger partial charge on any atom is -0.495 e. The van der Waals surface area contributed by atoms with Gasteiger partial charge >= 0.3 is 0 Å². The largest absolute Gasteiger partial charge is 0.495 e. The third-order valence-electron chi connectivity index (χ3n) is 3.59. The summed E-state index contributed by atoms with van der Waals surface area (Å²) in [5.74, 6) is 0.00541. The van der Waals surface area contributed by atoms with E-state index in [2.05, 4.69) is 5.32 Å². The number of anilines is 2. The number of nitrogens with zero attached hydrogens (tertiary/aromatic N) is 1. The number of ether oxygens (including phenoxy) is 1. The topological polar surface area (TPSA) is 58.6 Å². The summed E-state index contributed by atoms with van der Waals surface area (Å²) < 4.78 is 5.24. The van der Waals surface area contributed by atoms with Crippen molar-refractivity contribution in [2.75, 3.05) is 17.3 Å². The molecule has 112 valence electrons. The first-order chi connectivity index (χ1) is 10.7. The lowest BCUT2D eigenvalue weighted by atomic mass is 10.2. The number of imide groups is 1. The van der Waals surface area contributed by atoms with E-state index >= 15 is 0 Å². The van der Waals surface area contributed by atoms with Crippen molar-refractivity contribution in [2.45, 2.75) is 12.5 Å². The number of methoxy groups -OCH3 is 1. The van der Waals surface area contributed by atoms with Gasteiger partial charge in [0.05, 0.1) is 19.2 Å². The van der Waals surface area contributed by atoms with Gasteiger partial charge in [0, 0.05) is 5.69 Å². The summed E-state index contributed by atoms with van der Waals surface area (Å²) in [6.07, 6.45) is 0.131.